The lowest BCUT2D eigenvalue weighted by molar-refractivity contribution is 0.352. The maximum absolute atomic E-state index is 5.51. The SMILES string of the molecule is COc1cc2c(cc1OC)CC(CC1=CCC(c3ccc4ccccc4c3)=N1)CC2. The fourth-order valence-electron chi connectivity index (χ4n) is 4.79. The van der Waals surface area contributed by atoms with Gasteiger partial charge in [0, 0.05) is 12.1 Å². The fraction of sp³-hybridized carbons (Fsp3) is 0.296. The zero-order valence-electron chi connectivity index (χ0n) is 17.7. The summed E-state index contributed by atoms with van der Waals surface area (Å²) in [5.41, 5.74) is 6.46. The molecule has 1 atom stereocenters. The summed E-state index contributed by atoms with van der Waals surface area (Å²) in [7, 11) is 3.41. The lowest BCUT2D eigenvalue weighted by Crippen LogP contribution is -2.15. The molecular weight excluding hydrogens is 370 g/mol. The lowest BCUT2D eigenvalue weighted by Gasteiger charge is -2.25. The number of aliphatic imine (C=N–C) groups is 1. The summed E-state index contributed by atoms with van der Waals surface area (Å²) in [5, 5.41) is 2.56. The van der Waals surface area contributed by atoms with Crippen LogP contribution in [0.5, 0.6) is 11.5 Å². The van der Waals surface area contributed by atoms with Crippen molar-refractivity contribution in [1.82, 2.24) is 0 Å². The molecule has 0 amide bonds. The van der Waals surface area contributed by atoms with Gasteiger partial charge >= 0.3 is 0 Å². The highest BCUT2D eigenvalue weighted by Crippen LogP contribution is 2.37. The molecular formula is C27H27NO2. The number of nitrogens with zero attached hydrogens (tertiary/aromatic N) is 1. The van der Waals surface area contributed by atoms with E-state index in [1.165, 1.54) is 45.3 Å². The summed E-state index contributed by atoms with van der Waals surface area (Å²) in [6, 6.07) is 19.5. The van der Waals surface area contributed by atoms with Gasteiger partial charge in [-0.3, -0.25) is 4.99 Å². The zero-order valence-corrected chi connectivity index (χ0v) is 17.7. The second kappa shape index (κ2) is 7.98. The molecule has 1 unspecified atom stereocenters. The Labute approximate surface area is 178 Å². The number of hydrogen-bond acceptors (Lipinski definition) is 3. The van der Waals surface area contributed by atoms with E-state index in [0.717, 1.165) is 37.2 Å². The van der Waals surface area contributed by atoms with Crippen molar-refractivity contribution in [3.8, 4) is 11.5 Å². The fourth-order valence-corrected chi connectivity index (χ4v) is 4.79. The van der Waals surface area contributed by atoms with Gasteiger partial charge in [0.25, 0.3) is 0 Å². The molecule has 0 bridgehead atoms. The highest BCUT2D eigenvalue weighted by atomic mass is 16.5. The van der Waals surface area contributed by atoms with Gasteiger partial charge in [-0.2, -0.15) is 0 Å². The molecule has 3 aromatic carbocycles. The minimum Gasteiger partial charge on any atom is -0.493 e. The Morgan fingerprint density at radius 2 is 1.67 bits per heavy atom. The van der Waals surface area contributed by atoms with Crippen LogP contribution >= 0.6 is 0 Å². The van der Waals surface area contributed by atoms with Crippen molar-refractivity contribution in [2.45, 2.75) is 32.1 Å². The van der Waals surface area contributed by atoms with Crippen molar-refractivity contribution in [3.05, 3.63) is 83.1 Å². The van der Waals surface area contributed by atoms with Crippen molar-refractivity contribution >= 4 is 16.5 Å². The van der Waals surface area contributed by atoms with Crippen molar-refractivity contribution in [1.29, 1.82) is 0 Å². The molecule has 0 saturated carbocycles. The molecule has 30 heavy (non-hydrogen) atoms. The predicted octanol–water partition coefficient (Wildman–Crippen LogP) is 6.13. The van der Waals surface area contributed by atoms with Crippen LogP contribution in [0.15, 0.2) is 71.4 Å². The predicted molar refractivity (Wildman–Crippen MR) is 123 cm³/mol. The molecule has 5 rings (SSSR count). The second-order valence-corrected chi connectivity index (χ2v) is 8.31. The summed E-state index contributed by atoms with van der Waals surface area (Å²) in [5.74, 6) is 2.29. The number of ether oxygens (including phenoxy) is 2. The van der Waals surface area contributed by atoms with Crippen LogP contribution in [-0.2, 0) is 12.8 Å². The number of allylic oxidation sites excluding steroid dienone is 2. The molecule has 3 nitrogen and oxygen atoms in total. The number of rotatable bonds is 5. The lowest BCUT2D eigenvalue weighted by atomic mass is 9.81. The molecule has 152 valence electrons. The van der Waals surface area contributed by atoms with E-state index in [4.69, 9.17) is 14.5 Å². The van der Waals surface area contributed by atoms with Gasteiger partial charge < -0.3 is 9.47 Å². The summed E-state index contributed by atoms with van der Waals surface area (Å²) in [6.45, 7) is 0. The average molecular weight is 398 g/mol. The van der Waals surface area contributed by atoms with Crippen molar-refractivity contribution < 1.29 is 9.47 Å². The quantitative estimate of drug-likeness (QED) is 0.518. The average Bonchev–Trinajstić information content (AvgIpc) is 3.26. The van der Waals surface area contributed by atoms with Gasteiger partial charge in [-0.1, -0.05) is 42.5 Å². The third-order valence-electron chi connectivity index (χ3n) is 6.43. The van der Waals surface area contributed by atoms with Crippen LogP contribution in [0.3, 0.4) is 0 Å². The summed E-state index contributed by atoms with van der Waals surface area (Å²) >= 11 is 0. The van der Waals surface area contributed by atoms with Gasteiger partial charge in [-0.15, -0.1) is 0 Å². The van der Waals surface area contributed by atoms with E-state index in [1.807, 2.05) is 0 Å². The molecule has 3 heteroatoms. The molecule has 0 fully saturated rings. The number of aryl methyl sites for hydroxylation is 1. The van der Waals surface area contributed by atoms with Crippen LogP contribution in [0.4, 0.5) is 0 Å². The smallest absolute Gasteiger partial charge is 0.161 e. The van der Waals surface area contributed by atoms with E-state index in [-0.39, 0.29) is 0 Å². The normalized spacial score (nSPS) is 18.0. The Bertz CT molecular complexity index is 1160. The van der Waals surface area contributed by atoms with E-state index in [0.29, 0.717) is 5.92 Å². The molecule has 1 aliphatic heterocycles. The van der Waals surface area contributed by atoms with Crippen LogP contribution in [0, 0.1) is 5.92 Å². The van der Waals surface area contributed by atoms with Gasteiger partial charge in [-0.05, 0) is 77.3 Å². The third kappa shape index (κ3) is 3.60. The number of benzene rings is 3. The number of methoxy groups -OCH3 is 2. The van der Waals surface area contributed by atoms with E-state index < -0.39 is 0 Å². The van der Waals surface area contributed by atoms with E-state index in [1.54, 1.807) is 14.2 Å². The Hall–Kier alpha value is -3.07. The van der Waals surface area contributed by atoms with Gasteiger partial charge in [0.05, 0.1) is 19.9 Å². The van der Waals surface area contributed by atoms with Gasteiger partial charge in [0.15, 0.2) is 11.5 Å². The molecule has 0 aromatic heterocycles. The molecule has 3 aromatic rings. The van der Waals surface area contributed by atoms with Crippen LogP contribution in [0.2, 0.25) is 0 Å². The molecule has 0 N–H and O–H groups in total. The van der Waals surface area contributed by atoms with Crippen LogP contribution < -0.4 is 9.47 Å². The maximum atomic E-state index is 5.51. The van der Waals surface area contributed by atoms with Crippen molar-refractivity contribution in [2.75, 3.05) is 14.2 Å². The van der Waals surface area contributed by atoms with Gasteiger partial charge in [0.2, 0.25) is 0 Å². The van der Waals surface area contributed by atoms with Gasteiger partial charge in [0.1, 0.15) is 0 Å². The molecule has 0 saturated heterocycles. The maximum Gasteiger partial charge on any atom is 0.161 e. The monoisotopic (exact) mass is 397 g/mol. The van der Waals surface area contributed by atoms with E-state index >= 15 is 0 Å². The highest BCUT2D eigenvalue weighted by molar-refractivity contribution is 6.05. The van der Waals surface area contributed by atoms with Crippen molar-refractivity contribution in [3.63, 3.8) is 0 Å². The molecule has 1 heterocycles. The summed E-state index contributed by atoms with van der Waals surface area (Å²) < 4.78 is 11.0. The second-order valence-electron chi connectivity index (χ2n) is 8.31. The topological polar surface area (TPSA) is 30.8 Å². The Morgan fingerprint density at radius 1 is 0.900 bits per heavy atom. The van der Waals surface area contributed by atoms with Crippen LogP contribution in [0.1, 0.15) is 36.0 Å². The van der Waals surface area contributed by atoms with Crippen LogP contribution in [-0.4, -0.2) is 19.9 Å². The summed E-state index contributed by atoms with van der Waals surface area (Å²) in [6.07, 6.45) is 7.66. The number of hydrogen-bond donors (Lipinski definition) is 0. The highest BCUT2D eigenvalue weighted by Gasteiger charge is 2.23. The standard InChI is InChI=1S/C27H27NO2/c1-29-26-16-21-8-7-18(13-23(21)17-27(26)30-2)14-24-11-12-25(28-24)22-10-9-19-5-3-4-6-20(19)15-22/h3-6,9-11,15-18H,7-8,12-14H2,1-2H3. The summed E-state index contributed by atoms with van der Waals surface area (Å²) in [4.78, 5) is 5.01. The van der Waals surface area contributed by atoms with Crippen molar-refractivity contribution in [2.24, 2.45) is 10.9 Å². The third-order valence-corrected chi connectivity index (χ3v) is 6.43. The minimum atomic E-state index is 0.626. The Kier molecular flexibility index (Phi) is 5.04. The molecule has 0 radical (unpaired) electrons. The minimum absolute atomic E-state index is 0.626. The van der Waals surface area contributed by atoms with E-state index in [2.05, 4.69) is 60.7 Å². The molecule has 1 aliphatic carbocycles. The molecule has 0 spiro atoms. The number of fused-ring (bicyclic) bond motifs is 2. The zero-order chi connectivity index (χ0) is 20.5. The first-order valence-electron chi connectivity index (χ1n) is 10.7. The first kappa shape index (κ1) is 18.9. The Balaban J connectivity index is 1.30. The Morgan fingerprint density at radius 3 is 2.47 bits per heavy atom. The first-order chi connectivity index (χ1) is 14.7. The van der Waals surface area contributed by atoms with E-state index in [9.17, 15) is 0 Å². The largest absolute Gasteiger partial charge is 0.493 e. The molecule has 2 aliphatic rings. The van der Waals surface area contributed by atoms with Gasteiger partial charge in [-0.25, -0.2) is 0 Å². The first-order valence-corrected chi connectivity index (χ1v) is 10.7. The van der Waals surface area contributed by atoms with Crippen LogP contribution in [0.25, 0.3) is 10.8 Å².